The van der Waals surface area contributed by atoms with Gasteiger partial charge < -0.3 is 9.88 Å². The first-order chi connectivity index (χ1) is 12.9. The Morgan fingerprint density at radius 2 is 2.04 bits per heavy atom. The number of nitrogens with zero attached hydrogens (tertiary/aromatic N) is 3. The third-order valence-electron chi connectivity index (χ3n) is 5.42. The molecular weight excluding hydrogens is 368 g/mol. The minimum atomic E-state index is -3.33. The average Bonchev–Trinajstić information content (AvgIpc) is 2.67. The minimum Gasteiger partial charge on any atom is -0.333 e. The fourth-order valence-electron chi connectivity index (χ4n) is 3.88. The van der Waals surface area contributed by atoms with Gasteiger partial charge in [-0.1, -0.05) is 6.92 Å². The summed E-state index contributed by atoms with van der Waals surface area (Å²) in [6, 6.07) is -0.242. The summed E-state index contributed by atoms with van der Waals surface area (Å²) in [6.07, 6.45) is 4.30. The van der Waals surface area contributed by atoms with Crippen LogP contribution in [-0.4, -0.2) is 52.3 Å². The van der Waals surface area contributed by atoms with Gasteiger partial charge in [-0.05, 0) is 39.0 Å². The molecule has 27 heavy (non-hydrogen) atoms. The predicted octanol–water partition coefficient (Wildman–Crippen LogP) is 1.33. The SMILES string of the molecule is CCCC(=O)N1CCCCC1c1nc2c(c(=O)[nH]1)CCN(S(=O)(=O)CC)C2. The highest BCUT2D eigenvalue weighted by Crippen LogP contribution is 2.30. The molecule has 0 spiro atoms. The highest BCUT2D eigenvalue weighted by atomic mass is 32.2. The van der Waals surface area contributed by atoms with Crippen LogP contribution in [-0.2, 0) is 27.8 Å². The van der Waals surface area contributed by atoms with E-state index in [9.17, 15) is 18.0 Å². The quantitative estimate of drug-likeness (QED) is 0.809. The number of aromatic nitrogens is 2. The van der Waals surface area contributed by atoms with Crippen LogP contribution in [0, 0.1) is 0 Å². The molecule has 2 aliphatic rings. The summed E-state index contributed by atoms with van der Waals surface area (Å²) in [5, 5.41) is 0. The van der Waals surface area contributed by atoms with Crippen molar-refractivity contribution in [3.8, 4) is 0 Å². The molecule has 150 valence electrons. The summed E-state index contributed by atoms with van der Waals surface area (Å²) in [5.41, 5.74) is 0.867. The van der Waals surface area contributed by atoms with Crippen LogP contribution in [0.15, 0.2) is 4.79 Å². The molecule has 1 N–H and O–H groups in total. The van der Waals surface area contributed by atoms with E-state index in [1.807, 2.05) is 11.8 Å². The van der Waals surface area contributed by atoms with E-state index in [0.29, 0.717) is 43.0 Å². The number of carbonyl (C=O) groups is 1. The molecule has 2 aliphatic heterocycles. The molecule has 1 unspecified atom stereocenters. The van der Waals surface area contributed by atoms with Crippen LogP contribution < -0.4 is 5.56 Å². The second-order valence-corrected chi connectivity index (χ2v) is 9.47. The number of hydrogen-bond acceptors (Lipinski definition) is 5. The number of sulfonamides is 1. The summed E-state index contributed by atoms with van der Waals surface area (Å²) in [6.45, 7) is 4.68. The third kappa shape index (κ3) is 4.08. The van der Waals surface area contributed by atoms with E-state index in [2.05, 4.69) is 9.97 Å². The Morgan fingerprint density at radius 1 is 1.26 bits per heavy atom. The van der Waals surface area contributed by atoms with Crippen molar-refractivity contribution in [2.75, 3.05) is 18.8 Å². The number of piperidine rings is 1. The standard InChI is InChI=1S/C18H28N4O4S/c1-3-7-16(23)22-10-6-5-8-15(22)17-19-14-12-21(27(25,26)4-2)11-9-13(14)18(24)20-17/h15H,3-12H2,1-2H3,(H,19,20,24). The average molecular weight is 397 g/mol. The first kappa shape index (κ1) is 20.0. The Hall–Kier alpha value is -1.74. The minimum absolute atomic E-state index is 0.0281. The van der Waals surface area contributed by atoms with Gasteiger partial charge in [-0.25, -0.2) is 13.4 Å². The Kier molecular flexibility index (Phi) is 6.00. The summed E-state index contributed by atoms with van der Waals surface area (Å²) < 4.78 is 25.8. The number of hydrogen-bond donors (Lipinski definition) is 1. The smallest absolute Gasteiger partial charge is 0.254 e. The van der Waals surface area contributed by atoms with Gasteiger partial charge >= 0.3 is 0 Å². The van der Waals surface area contributed by atoms with Crippen LogP contribution in [0.4, 0.5) is 0 Å². The topological polar surface area (TPSA) is 103 Å². The molecule has 1 saturated heterocycles. The van der Waals surface area contributed by atoms with Gasteiger partial charge in [0.25, 0.3) is 5.56 Å². The lowest BCUT2D eigenvalue weighted by molar-refractivity contribution is -0.135. The lowest BCUT2D eigenvalue weighted by atomic mass is 10.00. The van der Waals surface area contributed by atoms with Crippen LogP contribution in [0.5, 0.6) is 0 Å². The maximum Gasteiger partial charge on any atom is 0.254 e. The van der Waals surface area contributed by atoms with Crippen LogP contribution in [0.1, 0.15) is 69.1 Å². The van der Waals surface area contributed by atoms with Gasteiger partial charge in [0.1, 0.15) is 5.82 Å². The van der Waals surface area contributed by atoms with Crippen molar-refractivity contribution in [2.24, 2.45) is 0 Å². The van der Waals surface area contributed by atoms with Crippen LogP contribution >= 0.6 is 0 Å². The molecule has 1 aromatic rings. The van der Waals surface area contributed by atoms with Crippen molar-refractivity contribution in [3.63, 3.8) is 0 Å². The molecule has 8 nitrogen and oxygen atoms in total. The van der Waals surface area contributed by atoms with Crippen molar-refractivity contribution in [1.29, 1.82) is 0 Å². The summed E-state index contributed by atoms with van der Waals surface area (Å²) in [5.74, 6) is 0.594. The second kappa shape index (κ2) is 8.10. The second-order valence-electron chi connectivity index (χ2n) is 7.21. The van der Waals surface area contributed by atoms with Gasteiger partial charge in [0.2, 0.25) is 15.9 Å². The summed E-state index contributed by atoms with van der Waals surface area (Å²) in [4.78, 5) is 34.4. The van der Waals surface area contributed by atoms with Crippen molar-refractivity contribution in [1.82, 2.24) is 19.2 Å². The van der Waals surface area contributed by atoms with Crippen LogP contribution in [0.25, 0.3) is 0 Å². The normalized spacial score (nSPS) is 21.1. The number of aromatic amines is 1. The van der Waals surface area contributed by atoms with E-state index in [-0.39, 0.29) is 29.8 Å². The Labute approximate surface area is 160 Å². The first-order valence-corrected chi connectivity index (χ1v) is 11.4. The van der Waals surface area contributed by atoms with E-state index < -0.39 is 10.0 Å². The summed E-state index contributed by atoms with van der Waals surface area (Å²) in [7, 11) is -3.33. The Morgan fingerprint density at radius 3 is 2.74 bits per heavy atom. The van der Waals surface area contributed by atoms with Gasteiger partial charge in [0, 0.05) is 25.1 Å². The van der Waals surface area contributed by atoms with E-state index in [0.717, 1.165) is 25.7 Å². The van der Waals surface area contributed by atoms with Crippen molar-refractivity contribution in [2.45, 2.75) is 65.0 Å². The lowest BCUT2D eigenvalue weighted by Crippen LogP contribution is -2.42. The highest BCUT2D eigenvalue weighted by Gasteiger charge is 2.32. The molecule has 0 radical (unpaired) electrons. The Bertz CT molecular complexity index is 865. The molecule has 0 aromatic carbocycles. The number of nitrogens with one attached hydrogen (secondary N) is 1. The zero-order valence-corrected chi connectivity index (χ0v) is 16.8. The fraction of sp³-hybridized carbons (Fsp3) is 0.722. The summed E-state index contributed by atoms with van der Waals surface area (Å²) >= 11 is 0. The monoisotopic (exact) mass is 396 g/mol. The highest BCUT2D eigenvalue weighted by molar-refractivity contribution is 7.89. The Balaban J connectivity index is 1.94. The number of carbonyl (C=O) groups excluding carboxylic acids is 1. The zero-order valence-electron chi connectivity index (χ0n) is 16.0. The van der Waals surface area contributed by atoms with Gasteiger partial charge in [-0.15, -0.1) is 0 Å². The van der Waals surface area contributed by atoms with E-state index in [1.165, 1.54) is 4.31 Å². The molecule has 0 saturated carbocycles. The van der Waals surface area contributed by atoms with Gasteiger partial charge in [-0.2, -0.15) is 4.31 Å². The number of rotatable bonds is 5. The van der Waals surface area contributed by atoms with Gasteiger partial charge in [0.15, 0.2) is 0 Å². The molecule has 1 amide bonds. The van der Waals surface area contributed by atoms with Crippen LogP contribution in [0.3, 0.4) is 0 Å². The molecule has 1 fully saturated rings. The van der Waals surface area contributed by atoms with E-state index >= 15 is 0 Å². The van der Waals surface area contributed by atoms with Gasteiger partial charge in [0.05, 0.1) is 24.0 Å². The number of amides is 1. The third-order valence-corrected chi connectivity index (χ3v) is 7.25. The maximum atomic E-state index is 12.6. The molecular formula is C18H28N4O4S. The van der Waals surface area contributed by atoms with E-state index in [4.69, 9.17) is 0 Å². The first-order valence-electron chi connectivity index (χ1n) is 9.76. The zero-order chi connectivity index (χ0) is 19.6. The molecule has 3 rings (SSSR count). The van der Waals surface area contributed by atoms with Crippen molar-refractivity contribution in [3.05, 3.63) is 27.4 Å². The predicted molar refractivity (Wildman–Crippen MR) is 102 cm³/mol. The lowest BCUT2D eigenvalue weighted by Gasteiger charge is -2.35. The van der Waals surface area contributed by atoms with Crippen molar-refractivity contribution < 1.29 is 13.2 Å². The maximum absolute atomic E-state index is 12.6. The molecule has 0 aliphatic carbocycles. The molecule has 0 bridgehead atoms. The molecule has 1 atom stereocenters. The fourth-order valence-corrected chi connectivity index (χ4v) is 4.94. The van der Waals surface area contributed by atoms with Crippen molar-refractivity contribution >= 4 is 15.9 Å². The number of H-pyrrole nitrogens is 1. The largest absolute Gasteiger partial charge is 0.333 e. The van der Waals surface area contributed by atoms with Crippen LogP contribution in [0.2, 0.25) is 0 Å². The molecule has 1 aromatic heterocycles. The number of likely N-dealkylation sites (tertiary alicyclic amines) is 1. The molecule has 3 heterocycles. The van der Waals surface area contributed by atoms with Gasteiger partial charge in [-0.3, -0.25) is 9.59 Å². The van der Waals surface area contributed by atoms with E-state index in [1.54, 1.807) is 6.92 Å². The number of fused-ring (bicyclic) bond motifs is 1. The molecule has 9 heteroatoms.